The number of aromatic carboxylic acids is 1. The van der Waals surface area contributed by atoms with Gasteiger partial charge in [0.25, 0.3) is 0 Å². The third-order valence-corrected chi connectivity index (χ3v) is 3.20. The third kappa shape index (κ3) is 11.0. The van der Waals surface area contributed by atoms with Gasteiger partial charge in [-0.05, 0) is 54.8 Å². The van der Waals surface area contributed by atoms with E-state index in [0.717, 1.165) is 11.1 Å². The average Bonchev–Trinajstić information content (AvgIpc) is 2.62. The molecule has 0 aliphatic heterocycles. The molecule has 0 amide bonds. The van der Waals surface area contributed by atoms with Gasteiger partial charge in [-0.2, -0.15) is 0 Å². The minimum absolute atomic E-state index is 0. The van der Waals surface area contributed by atoms with Crippen molar-refractivity contribution in [3.63, 3.8) is 0 Å². The van der Waals surface area contributed by atoms with E-state index in [9.17, 15) is 9.90 Å². The zero-order valence-electron chi connectivity index (χ0n) is 14.8. The number of carboxylic acid groups (broad SMARTS) is 1. The maximum atomic E-state index is 10.2. The second kappa shape index (κ2) is 12.9. The molecule has 0 fully saturated rings. The monoisotopic (exact) mass is 478 g/mol. The summed E-state index contributed by atoms with van der Waals surface area (Å²) in [5.41, 5.74) is 13.1. The van der Waals surface area contributed by atoms with Gasteiger partial charge < -0.3 is 21.4 Å². The van der Waals surface area contributed by atoms with Gasteiger partial charge in [0.1, 0.15) is 11.6 Å². The zero-order valence-corrected chi connectivity index (χ0v) is 17.1. The molecule has 0 aliphatic rings. The van der Waals surface area contributed by atoms with E-state index < -0.39 is 5.97 Å². The van der Waals surface area contributed by atoms with Crippen LogP contribution < -0.4 is 16.6 Å². The van der Waals surface area contributed by atoms with Crippen LogP contribution in [0.5, 0.6) is 0 Å². The molecule has 2 heterocycles. The maximum Gasteiger partial charge on any atom is 1.00 e. The molecule has 6 nitrogen and oxygen atoms in total. The van der Waals surface area contributed by atoms with Crippen LogP contribution >= 0.6 is 11.6 Å². The molecule has 3 rings (SSSR count). The van der Waals surface area contributed by atoms with Crippen molar-refractivity contribution in [1.29, 1.82) is 0 Å². The molecule has 146 valence electrons. The number of aryl methyl sites for hydroxylation is 2. The SMILES string of the molecule is Cc1ccc(N)nc1.Cc1ccc(N)nc1.O=C([O-])c1ccc(Cl)cc1.[Ag+]. The van der Waals surface area contributed by atoms with Gasteiger partial charge >= 0.3 is 22.4 Å². The quantitative estimate of drug-likeness (QED) is 0.518. The number of benzene rings is 1. The minimum atomic E-state index is -1.18. The summed E-state index contributed by atoms with van der Waals surface area (Å²) in [6.07, 6.45) is 3.49. The standard InChI is InChI=1S/C7H5ClO2.2C6H8N2.Ag/c8-6-3-1-5(2-4-6)7(9)10;2*1-5-2-3-6(7)8-4-5;/h1-4H,(H,9,10);2*2-4H,1H3,(H2,7,8);/q;;;+1/p-1. The second-order valence-electron chi connectivity index (χ2n) is 5.32. The molecule has 0 radical (unpaired) electrons. The van der Waals surface area contributed by atoms with Gasteiger partial charge in [-0.1, -0.05) is 35.9 Å². The van der Waals surface area contributed by atoms with Crippen LogP contribution in [-0.4, -0.2) is 15.9 Å². The van der Waals surface area contributed by atoms with Crippen LogP contribution in [0.4, 0.5) is 11.6 Å². The molecule has 0 bridgehead atoms. The van der Waals surface area contributed by atoms with Crippen molar-refractivity contribution >= 4 is 29.2 Å². The van der Waals surface area contributed by atoms with Crippen LogP contribution in [-0.2, 0) is 22.4 Å². The van der Waals surface area contributed by atoms with Gasteiger partial charge in [-0.3, -0.25) is 0 Å². The van der Waals surface area contributed by atoms with Gasteiger partial charge in [-0.25, -0.2) is 9.97 Å². The fourth-order valence-electron chi connectivity index (χ4n) is 1.54. The summed E-state index contributed by atoms with van der Waals surface area (Å²) < 4.78 is 0. The minimum Gasteiger partial charge on any atom is -0.545 e. The van der Waals surface area contributed by atoms with Gasteiger partial charge in [-0.15, -0.1) is 0 Å². The van der Waals surface area contributed by atoms with E-state index >= 15 is 0 Å². The summed E-state index contributed by atoms with van der Waals surface area (Å²) in [7, 11) is 0. The smallest absolute Gasteiger partial charge is 0.545 e. The molecule has 0 spiro atoms. The van der Waals surface area contributed by atoms with E-state index in [2.05, 4.69) is 9.97 Å². The summed E-state index contributed by atoms with van der Waals surface area (Å²) in [4.78, 5) is 17.9. The number of hydrogen-bond acceptors (Lipinski definition) is 6. The van der Waals surface area contributed by atoms with Crippen molar-refractivity contribution in [2.75, 3.05) is 11.5 Å². The van der Waals surface area contributed by atoms with Crippen molar-refractivity contribution in [2.45, 2.75) is 13.8 Å². The Bertz CT molecular complexity index is 725. The van der Waals surface area contributed by atoms with Crippen molar-refractivity contribution in [3.8, 4) is 0 Å². The van der Waals surface area contributed by atoms with Gasteiger partial charge in [0.15, 0.2) is 0 Å². The number of anilines is 2. The van der Waals surface area contributed by atoms with Crippen LogP contribution in [0.25, 0.3) is 0 Å². The number of nitrogen functional groups attached to an aromatic ring is 2. The van der Waals surface area contributed by atoms with Gasteiger partial charge in [0.2, 0.25) is 0 Å². The first-order valence-corrected chi connectivity index (χ1v) is 7.99. The Morgan fingerprint density at radius 3 is 1.52 bits per heavy atom. The molecule has 27 heavy (non-hydrogen) atoms. The number of pyridine rings is 2. The Kier molecular flexibility index (Phi) is 11.8. The van der Waals surface area contributed by atoms with Gasteiger partial charge in [0.05, 0.1) is 5.97 Å². The Labute approximate surface area is 179 Å². The fraction of sp³-hybridized carbons (Fsp3) is 0.105. The van der Waals surface area contributed by atoms with Crippen LogP contribution in [0.1, 0.15) is 21.5 Å². The number of nitrogens with zero attached hydrogens (tertiary/aromatic N) is 2. The molecule has 0 aliphatic carbocycles. The summed E-state index contributed by atoms with van der Waals surface area (Å²) in [5.74, 6) is -0.0251. The summed E-state index contributed by atoms with van der Waals surface area (Å²) >= 11 is 5.50. The molecule has 3 aromatic rings. The normalized spacial score (nSPS) is 8.85. The second-order valence-corrected chi connectivity index (χ2v) is 5.75. The molecule has 0 unspecified atom stereocenters. The molecule has 2 aromatic heterocycles. The van der Waals surface area contributed by atoms with Gasteiger partial charge in [0, 0.05) is 17.4 Å². The summed E-state index contributed by atoms with van der Waals surface area (Å²) in [6, 6.07) is 13.3. The Hall–Kier alpha value is -2.38. The number of carboxylic acids is 1. The van der Waals surface area contributed by atoms with E-state index in [-0.39, 0.29) is 27.9 Å². The molecule has 8 heteroatoms. The Morgan fingerprint density at radius 2 is 1.26 bits per heavy atom. The molecular formula is C19H20AgClN4O2. The van der Waals surface area contributed by atoms with Crippen LogP contribution in [0.2, 0.25) is 5.02 Å². The first kappa shape index (κ1) is 24.6. The number of hydrogen-bond donors (Lipinski definition) is 2. The van der Waals surface area contributed by atoms with Crippen molar-refractivity contribution in [3.05, 3.63) is 82.6 Å². The number of carbonyl (C=O) groups excluding carboxylic acids is 1. The van der Waals surface area contributed by atoms with E-state index in [1.165, 1.54) is 24.3 Å². The summed E-state index contributed by atoms with van der Waals surface area (Å²) in [6.45, 7) is 3.96. The molecular weight excluding hydrogens is 460 g/mol. The van der Waals surface area contributed by atoms with E-state index in [1.807, 2.05) is 26.0 Å². The van der Waals surface area contributed by atoms with E-state index in [4.69, 9.17) is 23.1 Å². The Balaban J connectivity index is 0.000000372. The molecule has 4 N–H and O–H groups in total. The van der Waals surface area contributed by atoms with Crippen molar-refractivity contribution < 1.29 is 32.3 Å². The number of rotatable bonds is 1. The van der Waals surface area contributed by atoms with Crippen LogP contribution in [0.3, 0.4) is 0 Å². The number of nitrogens with two attached hydrogens (primary N) is 2. The zero-order chi connectivity index (χ0) is 19.5. The molecule has 0 saturated carbocycles. The van der Waals surface area contributed by atoms with Crippen LogP contribution in [0.15, 0.2) is 60.9 Å². The molecule has 0 atom stereocenters. The third-order valence-electron chi connectivity index (χ3n) is 2.95. The van der Waals surface area contributed by atoms with Crippen molar-refractivity contribution in [1.82, 2.24) is 9.97 Å². The molecule has 0 saturated heterocycles. The van der Waals surface area contributed by atoms with E-state index in [0.29, 0.717) is 16.7 Å². The first-order chi connectivity index (χ1) is 12.3. The fourth-order valence-corrected chi connectivity index (χ4v) is 1.67. The molecule has 1 aromatic carbocycles. The largest absolute Gasteiger partial charge is 1.00 e. The maximum absolute atomic E-state index is 10.2. The summed E-state index contributed by atoms with van der Waals surface area (Å²) in [5, 5.41) is 10.7. The predicted molar refractivity (Wildman–Crippen MR) is 103 cm³/mol. The number of halogens is 1. The number of carbonyl (C=O) groups is 1. The van der Waals surface area contributed by atoms with E-state index in [1.54, 1.807) is 24.5 Å². The topological polar surface area (TPSA) is 118 Å². The first-order valence-electron chi connectivity index (χ1n) is 7.61. The van der Waals surface area contributed by atoms with Crippen LogP contribution in [0, 0.1) is 13.8 Å². The van der Waals surface area contributed by atoms with Crippen molar-refractivity contribution in [2.24, 2.45) is 0 Å². The predicted octanol–water partition coefficient (Wildman–Crippen LogP) is 2.65. The average molecular weight is 480 g/mol. The number of aromatic nitrogens is 2. The Morgan fingerprint density at radius 1 is 0.852 bits per heavy atom.